The van der Waals surface area contributed by atoms with E-state index in [1.165, 1.54) is 0 Å². The van der Waals surface area contributed by atoms with Crippen LogP contribution in [-0.2, 0) is 0 Å². The molecule has 0 aliphatic heterocycles. The number of carbonyl (C=O) groups excluding carboxylic acids is 1. The second-order valence-corrected chi connectivity index (χ2v) is 6.40. The van der Waals surface area contributed by atoms with Crippen molar-refractivity contribution in [1.29, 1.82) is 0 Å². The Morgan fingerprint density at radius 3 is 2.07 bits per heavy atom. The first-order valence-corrected chi connectivity index (χ1v) is 10.1. The molecule has 0 aromatic heterocycles. The molecule has 0 aliphatic rings. The third-order valence-electron chi connectivity index (χ3n) is 3.96. The van der Waals surface area contributed by atoms with Crippen LogP contribution in [0.25, 0.3) is 0 Å². The number of nitrogens with zero attached hydrogens (tertiary/aromatic N) is 1. The molecule has 0 atom stereocenters. The summed E-state index contributed by atoms with van der Waals surface area (Å²) in [6.07, 6.45) is 0.637. The summed E-state index contributed by atoms with van der Waals surface area (Å²) in [5, 5.41) is 4.90. The lowest BCUT2D eigenvalue weighted by Gasteiger charge is -2.16. The Hall–Kier alpha value is -2.73. The molecule has 7 heteroatoms. The Morgan fingerprint density at radius 1 is 0.931 bits per heavy atom. The summed E-state index contributed by atoms with van der Waals surface area (Å²) >= 11 is 6.06. The first-order valence-electron chi connectivity index (χ1n) is 9.73. The third kappa shape index (κ3) is 6.12. The van der Waals surface area contributed by atoms with Gasteiger partial charge in [-0.15, -0.1) is 0 Å². The van der Waals surface area contributed by atoms with Crippen LogP contribution in [-0.4, -0.2) is 31.4 Å². The van der Waals surface area contributed by atoms with Crippen molar-refractivity contribution in [2.24, 2.45) is 5.10 Å². The van der Waals surface area contributed by atoms with Gasteiger partial charge in [0.05, 0.1) is 25.5 Å². The van der Waals surface area contributed by atoms with Crippen LogP contribution < -0.4 is 19.6 Å². The third-order valence-corrected chi connectivity index (χ3v) is 4.19. The molecule has 0 heterocycles. The van der Waals surface area contributed by atoms with E-state index < -0.39 is 0 Å². The molecule has 1 amide bonds. The Morgan fingerprint density at radius 2 is 1.55 bits per heavy atom. The highest BCUT2D eigenvalue weighted by molar-refractivity contribution is 6.31. The molecule has 2 aromatic carbocycles. The molecular weight excluding hydrogens is 392 g/mol. The van der Waals surface area contributed by atoms with Gasteiger partial charge in [-0.05, 0) is 57.0 Å². The molecule has 0 radical (unpaired) electrons. The maximum absolute atomic E-state index is 12.7. The number of hydrazone groups is 1. The molecule has 29 heavy (non-hydrogen) atoms. The number of hydrogen-bond donors (Lipinski definition) is 1. The standard InChI is InChI=1S/C22H27ClN2O4/c1-5-18(15-10-9-11-17(23)12-15)24-25-22(26)16-13-19(27-6-2)21(29-8-4)20(14-16)28-7-3/h9-14H,5-8H2,1-4H3,(H,25,26). The minimum Gasteiger partial charge on any atom is -0.490 e. The lowest BCUT2D eigenvalue weighted by molar-refractivity contribution is 0.0953. The maximum Gasteiger partial charge on any atom is 0.271 e. The number of ether oxygens (including phenoxy) is 3. The molecule has 6 nitrogen and oxygen atoms in total. The summed E-state index contributed by atoms with van der Waals surface area (Å²) in [6, 6.07) is 10.6. The number of halogens is 1. The highest BCUT2D eigenvalue weighted by Crippen LogP contribution is 2.39. The second-order valence-electron chi connectivity index (χ2n) is 5.96. The van der Waals surface area contributed by atoms with Crippen molar-refractivity contribution in [3.63, 3.8) is 0 Å². The van der Waals surface area contributed by atoms with Gasteiger partial charge in [0.25, 0.3) is 5.91 Å². The van der Waals surface area contributed by atoms with Crippen LogP contribution in [0, 0.1) is 0 Å². The van der Waals surface area contributed by atoms with Crippen LogP contribution >= 0.6 is 11.6 Å². The summed E-state index contributed by atoms with van der Waals surface area (Å²) in [5.74, 6) is 1.03. The first kappa shape index (κ1) is 22.6. The van der Waals surface area contributed by atoms with Crippen molar-refractivity contribution in [3.8, 4) is 17.2 Å². The summed E-state index contributed by atoms with van der Waals surface area (Å²) in [5.41, 5.74) is 4.56. The van der Waals surface area contributed by atoms with Crippen LogP contribution in [0.4, 0.5) is 0 Å². The van der Waals surface area contributed by atoms with E-state index in [1.807, 2.05) is 45.9 Å². The zero-order chi connectivity index (χ0) is 21.2. The van der Waals surface area contributed by atoms with Crippen molar-refractivity contribution < 1.29 is 19.0 Å². The topological polar surface area (TPSA) is 69.2 Å². The lowest BCUT2D eigenvalue weighted by atomic mass is 10.1. The molecule has 156 valence electrons. The monoisotopic (exact) mass is 418 g/mol. The number of carbonyl (C=O) groups is 1. The van der Waals surface area contributed by atoms with Gasteiger partial charge in [-0.1, -0.05) is 30.7 Å². The molecule has 1 N–H and O–H groups in total. The fourth-order valence-corrected chi connectivity index (χ4v) is 2.91. The van der Waals surface area contributed by atoms with Gasteiger partial charge in [0.15, 0.2) is 11.5 Å². The maximum atomic E-state index is 12.7. The van der Waals surface area contributed by atoms with Crippen LogP contribution in [0.1, 0.15) is 50.0 Å². The molecule has 2 rings (SSSR count). The average molecular weight is 419 g/mol. The molecule has 0 bridgehead atoms. The van der Waals surface area contributed by atoms with E-state index in [1.54, 1.807) is 18.2 Å². The van der Waals surface area contributed by atoms with Gasteiger partial charge < -0.3 is 14.2 Å². The normalized spacial score (nSPS) is 11.1. The molecular formula is C22H27ClN2O4. The van der Waals surface area contributed by atoms with Crippen LogP contribution in [0.15, 0.2) is 41.5 Å². The lowest BCUT2D eigenvalue weighted by Crippen LogP contribution is -2.20. The predicted molar refractivity (Wildman–Crippen MR) is 116 cm³/mol. The highest BCUT2D eigenvalue weighted by Gasteiger charge is 2.18. The summed E-state index contributed by atoms with van der Waals surface area (Å²) in [4.78, 5) is 12.7. The van der Waals surface area contributed by atoms with E-state index in [-0.39, 0.29) is 5.91 Å². The Labute approximate surface area is 176 Å². The van der Waals surface area contributed by atoms with Gasteiger partial charge in [-0.3, -0.25) is 4.79 Å². The quantitative estimate of drug-likeness (QED) is 0.431. The summed E-state index contributed by atoms with van der Waals surface area (Å²) in [7, 11) is 0. The van der Waals surface area contributed by atoms with E-state index in [9.17, 15) is 4.79 Å². The van der Waals surface area contributed by atoms with Crippen molar-refractivity contribution in [2.45, 2.75) is 34.1 Å². The first-order chi connectivity index (χ1) is 14.0. The number of amides is 1. The van der Waals surface area contributed by atoms with E-state index in [4.69, 9.17) is 25.8 Å². The fourth-order valence-electron chi connectivity index (χ4n) is 2.72. The van der Waals surface area contributed by atoms with Crippen LogP contribution in [0.5, 0.6) is 17.2 Å². The summed E-state index contributed by atoms with van der Waals surface area (Å²) < 4.78 is 17.0. The predicted octanol–water partition coefficient (Wildman–Crippen LogP) is 5.08. The summed E-state index contributed by atoms with van der Waals surface area (Å²) in [6.45, 7) is 8.89. The van der Waals surface area contributed by atoms with Crippen LogP contribution in [0.3, 0.4) is 0 Å². The van der Waals surface area contributed by atoms with Gasteiger partial charge in [0.2, 0.25) is 5.75 Å². The van der Waals surface area contributed by atoms with Crippen LogP contribution in [0.2, 0.25) is 5.02 Å². The van der Waals surface area contributed by atoms with E-state index >= 15 is 0 Å². The van der Waals surface area contributed by atoms with E-state index in [0.29, 0.717) is 54.1 Å². The van der Waals surface area contributed by atoms with Crippen molar-refractivity contribution in [1.82, 2.24) is 5.43 Å². The number of benzene rings is 2. The highest BCUT2D eigenvalue weighted by atomic mass is 35.5. The zero-order valence-corrected chi connectivity index (χ0v) is 18.0. The zero-order valence-electron chi connectivity index (χ0n) is 17.3. The van der Waals surface area contributed by atoms with Crippen molar-refractivity contribution in [3.05, 3.63) is 52.5 Å². The van der Waals surface area contributed by atoms with Gasteiger partial charge in [-0.25, -0.2) is 5.43 Å². The van der Waals surface area contributed by atoms with Gasteiger partial charge >= 0.3 is 0 Å². The molecule has 0 unspecified atom stereocenters. The molecule has 0 spiro atoms. The smallest absolute Gasteiger partial charge is 0.271 e. The van der Waals surface area contributed by atoms with Crippen molar-refractivity contribution >= 4 is 23.2 Å². The molecule has 0 saturated carbocycles. The minimum absolute atomic E-state index is 0.366. The average Bonchev–Trinajstić information content (AvgIpc) is 2.71. The number of nitrogens with one attached hydrogen (secondary N) is 1. The second kappa shape index (κ2) is 11.3. The fraction of sp³-hybridized carbons (Fsp3) is 0.364. The molecule has 0 fully saturated rings. The number of hydrogen-bond acceptors (Lipinski definition) is 5. The Kier molecular flexibility index (Phi) is 8.80. The molecule has 2 aromatic rings. The van der Waals surface area contributed by atoms with Gasteiger partial charge in [0.1, 0.15) is 0 Å². The SMILES string of the molecule is CCOc1cc(C(=O)NN=C(CC)c2cccc(Cl)c2)cc(OCC)c1OCC. The minimum atomic E-state index is -0.372. The molecule has 0 saturated heterocycles. The largest absolute Gasteiger partial charge is 0.490 e. The van der Waals surface area contributed by atoms with Gasteiger partial charge in [0, 0.05) is 10.6 Å². The molecule has 0 aliphatic carbocycles. The van der Waals surface area contributed by atoms with Gasteiger partial charge in [-0.2, -0.15) is 5.10 Å². The Balaban J connectivity index is 2.33. The van der Waals surface area contributed by atoms with Crippen molar-refractivity contribution in [2.75, 3.05) is 19.8 Å². The number of rotatable bonds is 10. The van der Waals surface area contributed by atoms with E-state index in [2.05, 4.69) is 10.5 Å². The van der Waals surface area contributed by atoms with E-state index in [0.717, 1.165) is 11.3 Å². The Bertz CT molecular complexity index is 841.